The van der Waals surface area contributed by atoms with Gasteiger partial charge in [0.1, 0.15) is 12.4 Å². The Bertz CT molecular complexity index is 873. The van der Waals surface area contributed by atoms with Crippen LogP contribution in [0.5, 0.6) is 17.2 Å². The first-order valence-electron chi connectivity index (χ1n) is 8.59. The molecule has 146 valence electrons. The third-order valence-corrected chi connectivity index (χ3v) is 3.80. The molecule has 2 aromatic rings. The van der Waals surface area contributed by atoms with Gasteiger partial charge in [0.15, 0.2) is 11.5 Å². The Balaban J connectivity index is 2.02. The lowest BCUT2D eigenvalue weighted by Crippen LogP contribution is -2.17. The number of rotatable bonds is 9. The molecule has 7 heteroatoms. The van der Waals surface area contributed by atoms with E-state index in [2.05, 4.69) is 16.4 Å². The van der Waals surface area contributed by atoms with Crippen LogP contribution in [-0.2, 0) is 0 Å². The fraction of sp³-hybridized carbons (Fsp3) is 0.238. The summed E-state index contributed by atoms with van der Waals surface area (Å²) in [5, 5.41) is 4.28. The molecule has 1 N–H and O–H groups in total. The highest BCUT2D eigenvalue weighted by atomic mass is 35.5. The van der Waals surface area contributed by atoms with Crippen LogP contribution in [0.1, 0.15) is 29.3 Å². The number of nitrogens with one attached hydrogen (secondary N) is 1. The number of hydrogen-bond acceptors (Lipinski definition) is 5. The summed E-state index contributed by atoms with van der Waals surface area (Å²) < 4.78 is 16.1. The summed E-state index contributed by atoms with van der Waals surface area (Å²) in [6, 6.07) is 10.1. The molecule has 0 saturated carbocycles. The average Bonchev–Trinajstić information content (AvgIpc) is 2.71. The summed E-state index contributed by atoms with van der Waals surface area (Å²) in [6.07, 6.45) is 7.57. The van der Waals surface area contributed by atoms with Gasteiger partial charge in [-0.25, -0.2) is 5.43 Å². The molecule has 0 spiro atoms. The van der Waals surface area contributed by atoms with Crippen molar-refractivity contribution in [1.82, 2.24) is 5.43 Å². The van der Waals surface area contributed by atoms with Crippen molar-refractivity contribution >= 4 is 23.7 Å². The van der Waals surface area contributed by atoms with Gasteiger partial charge in [-0.1, -0.05) is 24.4 Å². The molecule has 28 heavy (non-hydrogen) atoms. The first-order valence-corrected chi connectivity index (χ1v) is 8.96. The van der Waals surface area contributed by atoms with Crippen LogP contribution in [-0.4, -0.2) is 32.4 Å². The first-order chi connectivity index (χ1) is 13.6. The maximum Gasteiger partial charge on any atom is 0.271 e. The highest BCUT2D eigenvalue weighted by molar-refractivity contribution is 6.32. The summed E-state index contributed by atoms with van der Waals surface area (Å²) in [6.45, 7) is 2.73. The lowest BCUT2D eigenvalue weighted by molar-refractivity contribution is 0.0955. The van der Waals surface area contributed by atoms with Crippen LogP contribution >= 0.6 is 11.6 Å². The van der Waals surface area contributed by atoms with Crippen LogP contribution in [0.25, 0.3) is 0 Å². The van der Waals surface area contributed by atoms with Gasteiger partial charge in [0.05, 0.1) is 25.0 Å². The maximum atomic E-state index is 12.2. The Morgan fingerprint density at radius 3 is 2.68 bits per heavy atom. The van der Waals surface area contributed by atoms with Gasteiger partial charge in [-0.3, -0.25) is 4.79 Å². The molecule has 0 radical (unpaired) electrons. The summed E-state index contributed by atoms with van der Waals surface area (Å²) in [5.41, 5.74) is 3.55. The number of carbonyl (C=O) groups excluding carboxylic acids is 1. The highest BCUT2D eigenvalue weighted by Crippen LogP contribution is 2.35. The van der Waals surface area contributed by atoms with Gasteiger partial charge in [0.25, 0.3) is 5.91 Å². The van der Waals surface area contributed by atoms with E-state index < -0.39 is 0 Å². The molecule has 0 atom stereocenters. The van der Waals surface area contributed by atoms with E-state index in [0.717, 1.165) is 12.2 Å². The zero-order valence-electron chi connectivity index (χ0n) is 15.7. The molecule has 0 aliphatic rings. The number of benzene rings is 2. The van der Waals surface area contributed by atoms with Crippen molar-refractivity contribution in [1.29, 1.82) is 0 Å². The van der Waals surface area contributed by atoms with E-state index in [0.29, 0.717) is 34.3 Å². The Kier molecular flexibility index (Phi) is 8.19. The summed E-state index contributed by atoms with van der Waals surface area (Å²) in [7, 11) is 1.49. The molecule has 0 heterocycles. The molecule has 0 aliphatic heterocycles. The van der Waals surface area contributed by atoms with Crippen molar-refractivity contribution in [2.24, 2.45) is 5.10 Å². The van der Waals surface area contributed by atoms with Gasteiger partial charge in [-0.2, -0.15) is 5.10 Å². The second kappa shape index (κ2) is 10.9. The lowest BCUT2D eigenvalue weighted by atomic mass is 10.2. The van der Waals surface area contributed by atoms with Gasteiger partial charge in [-0.05, 0) is 48.4 Å². The number of terminal acetylenes is 1. The number of amides is 1. The average molecular weight is 401 g/mol. The number of hydrogen-bond donors (Lipinski definition) is 1. The number of carbonyl (C=O) groups is 1. The van der Waals surface area contributed by atoms with Gasteiger partial charge in [-0.15, -0.1) is 6.42 Å². The Labute approximate surface area is 169 Å². The minimum atomic E-state index is -0.342. The fourth-order valence-corrected chi connectivity index (χ4v) is 2.49. The first kappa shape index (κ1) is 21.1. The van der Waals surface area contributed by atoms with Gasteiger partial charge in [0.2, 0.25) is 0 Å². The molecule has 0 aromatic heterocycles. The van der Waals surface area contributed by atoms with E-state index in [4.69, 9.17) is 32.2 Å². The van der Waals surface area contributed by atoms with Crippen molar-refractivity contribution < 1.29 is 19.0 Å². The van der Waals surface area contributed by atoms with Gasteiger partial charge in [0, 0.05) is 5.56 Å². The van der Waals surface area contributed by atoms with Crippen molar-refractivity contribution in [3.8, 4) is 29.6 Å². The predicted molar refractivity (Wildman–Crippen MR) is 110 cm³/mol. The lowest BCUT2D eigenvalue weighted by Gasteiger charge is -2.11. The normalized spacial score (nSPS) is 10.4. The molecule has 0 unspecified atom stereocenters. The second-order valence-electron chi connectivity index (χ2n) is 5.60. The molecular weight excluding hydrogens is 380 g/mol. The largest absolute Gasteiger partial charge is 0.494 e. The second-order valence-corrected chi connectivity index (χ2v) is 6.01. The minimum absolute atomic E-state index is 0.0713. The zero-order chi connectivity index (χ0) is 20.4. The molecule has 2 rings (SSSR count). The van der Waals surface area contributed by atoms with Crippen LogP contribution in [0.15, 0.2) is 41.5 Å². The molecular formula is C21H21ClN2O4. The van der Waals surface area contributed by atoms with Crippen LogP contribution in [0.4, 0.5) is 0 Å². The third kappa shape index (κ3) is 5.93. The molecule has 0 aliphatic carbocycles. The molecule has 0 saturated heterocycles. The smallest absolute Gasteiger partial charge is 0.271 e. The van der Waals surface area contributed by atoms with E-state index in [1.54, 1.807) is 36.4 Å². The molecule has 2 aromatic carbocycles. The Morgan fingerprint density at radius 1 is 1.29 bits per heavy atom. The van der Waals surface area contributed by atoms with Gasteiger partial charge >= 0.3 is 0 Å². The quantitative estimate of drug-likeness (QED) is 0.393. The SMILES string of the molecule is C#CCOc1c(Cl)cc(/C=N\NC(=O)c2ccc(OCCC)cc2)cc1OC. The monoisotopic (exact) mass is 400 g/mol. The van der Waals surface area contributed by atoms with E-state index in [1.807, 2.05) is 6.92 Å². The number of nitrogens with zero attached hydrogens (tertiary/aromatic N) is 1. The van der Waals surface area contributed by atoms with Crippen molar-refractivity contribution in [3.05, 3.63) is 52.5 Å². The molecule has 0 bridgehead atoms. The molecule has 6 nitrogen and oxygen atoms in total. The molecule has 1 amide bonds. The zero-order valence-corrected chi connectivity index (χ0v) is 16.5. The summed E-state index contributed by atoms with van der Waals surface area (Å²) >= 11 is 6.20. The minimum Gasteiger partial charge on any atom is -0.494 e. The number of hydrazone groups is 1. The van der Waals surface area contributed by atoms with E-state index in [9.17, 15) is 4.79 Å². The number of halogens is 1. The summed E-state index contributed by atoms with van der Waals surface area (Å²) in [4.78, 5) is 12.2. The highest BCUT2D eigenvalue weighted by Gasteiger charge is 2.11. The van der Waals surface area contributed by atoms with Crippen LogP contribution in [0, 0.1) is 12.3 Å². The predicted octanol–water partition coefficient (Wildman–Crippen LogP) is 3.91. The van der Waals surface area contributed by atoms with E-state index in [1.165, 1.54) is 13.3 Å². The maximum absolute atomic E-state index is 12.2. The van der Waals surface area contributed by atoms with Crippen LogP contribution in [0.2, 0.25) is 5.02 Å². The molecule has 0 fully saturated rings. The van der Waals surface area contributed by atoms with Crippen molar-refractivity contribution in [3.63, 3.8) is 0 Å². The van der Waals surface area contributed by atoms with Crippen LogP contribution < -0.4 is 19.6 Å². The Morgan fingerprint density at radius 2 is 2.04 bits per heavy atom. The van der Waals surface area contributed by atoms with Crippen molar-refractivity contribution in [2.45, 2.75) is 13.3 Å². The Hall–Kier alpha value is -3.17. The van der Waals surface area contributed by atoms with Crippen LogP contribution in [0.3, 0.4) is 0 Å². The standard InChI is InChI=1S/C21H21ClN2O4/c1-4-10-27-17-8-6-16(7-9-17)21(25)24-23-14-15-12-18(22)20(28-11-5-2)19(13-15)26-3/h2,6-9,12-14H,4,10-11H2,1,3H3,(H,24,25)/b23-14-. The third-order valence-electron chi connectivity index (χ3n) is 3.52. The van der Waals surface area contributed by atoms with E-state index >= 15 is 0 Å². The van der Waals surface area contributed by atoms with Crippen molar-refractivity contribution in [2.75, 3.05) is 20.3 Å². The topological polar surface area (TPSA) is 69.2 Å². The number of ether oxygens (including phenoxy) is 3. The number of methoxy groups -OCH3 is 1. The van der Waals surface area contributed by atoms with Gasteiger partial charge < -0.3 is 14.2 Å². The van der Waals surface area contributed by atoms with E-state index in [-0.39, 0.29) is 12.5 Å². The fourth-order valence-electron chi connectivity index (χ4n) is 2.22. The summed E-state index contributed by atoms with van der Waals surface area (Å²) in [5.74, 6) is 3.51.